The maximum Gasteiger partial charge on any atom is 0.188 e. The van der Waals surface area contributed by atoms with E-state index in [9.17, 15) is 4.79 Å². The molecule has 0 aromatic heterocycles. The zero-order valence-corrected chi connectivity index (χ0v) is 14.7. The first-order valence-corrected chi connectivity index (χ1v) is 8.96. The number of hydrogen-bond donors (Lipinski definition) is 0. The van der Waals surface area contributed by atoms with Crippen LogP contribution in [-0.4, -0.2) is 12.8 Å². The SMILES string of the molecule is CN1C(=CC(=O)c2ccc(-c3ccccc3)cc2)Sc2ccccc21. The third kappa shape index (κ3) is 3.11. The van der Waals surface area contributed by atoms with Gasteiger partial charge in [0, 0.05) is 23.6 Å². The van der Waals surface area contributed by atoms with Crippen LogP contribution in [0.25, 0.3) is 11.1 Å². The van der Waals surface area contributed by atoms with E-state index in [0.29, 0.717) is 5.56 Å². The van der Waals surface area contributed by atoms with Gasteiger partial charge in [0.1, 0.15) is 0 Å². The lowest BCUT2D eigenvalue weighted by molar-refractivity contribution is 0.104. The number of allylic oxidation sites excluding steroid dienone is 1. The molecule has 4 rings (SSSR count). The van der Waals surface area contributed by atoms with E-state index in [1.165, 1.54) is 4.90 Å². The maximum atomic E-state index is 12.6. The van der Waals surface area contributed by atoms with E-state index in [1.807, 2.05) is 61.6 Å². The molecule has 1 aliphatic rings. The number of rotatable bonds is 3. The van der Waals surface area contributed by atoms with Gasteiger partial charge < -0.3 is 4.90 Å². The van der Waals surface area contributed by atoms with Crippen molar-refractivity contribution in [2.45, 2.75) is 4.90 Å². The second-order valence-corrected chi connectivity index (χ2v) is 6.98. The number of thioether (sulfide) groups is 1. The average molecular weight is 343 g/mol. The standard InChI is InChI=1S/C22H17NOS/c1-23-19-9-5-6-10-21(19)25-22(23)15-20(24)18-13-11-17(12-14-18)16-7-3-2-4-8-16/h2-15H,1H3. The highest BCUT2D eigenvalue weighted by atomic mass is 32.2. The minimum absolute atomic E-state index is 0.0294. The van der Waals surface area contributed by atoms with E-state index in [-0.39, 0.29) is 5.78 Å². The number of hydrogen-bond acceptors (Lipinski definition) is 3. The summed E-state index contributed by atoms with van der Waals surface area (Å²) >= 11 is 1.63. The van der Waals surface area contributed by atoms with Crippen LogP contribution in [-0.2, 0) is 0 Å². The minimum Gasteiger partial charge on any atom is -0.338 e. The Morgan fingerprint density at radius 1 is 0.840 bits per heavy atom. The van der Waals surface area contributed by atoms with E-state index in [1.54, 1.807) is 17.8 Å². The van der Waals surface area contributed by atoms with Crippen LogP contribution in [0.2, 0.25) is 0 Å². The molecular formula is C22H17NOS. The highest BCUT2D eigenvalue weighted by Crippen LogP contribution is 2.44. The molecule has 0 aliphatic carbocycles. The molecule has 0 spiro atoms. The molecule has 3 heteroatoms. The molecule has 0 amide bonds. The van der Waals surface area contributed by atoms with Gasteiger partial charge in [0.25, 0.3) is 0 Å². The van der Waals surface area contributed by atoms with Gasteiger partial charge in [-0.05, 0) is 23.3 Å². The maximum absolute atomic E-state index is 12.6. The van der Waals surface area contributed by atoms with Gasteiger partial charge in [-0.1, -0.05) is 78.5 Å². The summed E-state index contributed by atoms with van der Waals surface area (Å²) in [6.45, 7) is 0. The highest BCUT2D eigenvalue weighted by Gasteiger charge is 2.22. The van der Waals surface area contributed by atoms with Gasteiger partial charge in [-0.15, -0.1) is 0 Å². The third-order valence-corrected chi connectivity index (χ3v) is 5.47. The van der Waals surface area contributed by atoms with Crippen molar-refractivity contribution in [3.8, 4) is 11.1 Å². The first-order chi connectivity index (χ1) is 12.2. The smallest absolute Gasteiger partial charge is 0.188 e. The van der Waals surface area contributed by atoms with Gasteiger partial charge >= 0.3 is 0 Å². The molecule has 0 radical (unpaired) electrons. The van der Waals surface area contributed by atoms with E-state index in [2.05, 4.69) is 29.2 Å². The number of nitrogens with zero attached hydrogens (tertiary/aromatic N) is 1. The molecule has 25 heavy (non-hydrogen) atoms. The summed E-state index contributed by atoms with van der Waals surface area (Å²) in [6.07, 6.45) is 1.72. The Balaban J connectivity index is 1.56. The fraction of sp³-hybridized carbons (Fsp3) is 0.0455. The second kappa shape index (κ2) is 6.61. The molecular weight excluding hydrogens is 326 g/mol. The van der Waals surface area contributed by atoms with Gasteiger partial charge in [0.05, 0.1) is 10.7 Å². The summed E-state index contributed by atoms with van der Waals surface area (Å²) in [5.41, 5.74) is 4.12. The molecule has 0 saturated carbocycles. The zero-order valence-electron chi connectivity index (χ0n) is 13.8. The molecule has 0 unspecified atom stereocenters. The first kappa shape index (κ1) is 15.7. The van der Waals surface area contributed by atoms with Crippen molar-refractivity contribution < 1.29 is 4.79 Å². The number of benzene rings is 3. The number of fused-ring (bicyclic) bond motifs is 1. The number of para-hydroxylation sites is 1. The van der Waals surface area contributed by atoms with Crippen LogP contribution < -0.4 is 4.90 Å². The Morgan fingerprint density at radius 3 is 2.20 bits per heavy atom. The van der Waals surface area contributed by atoms with Crippen molar-refractivity contribution in [1.29, 1.82) is 0 Å². The van der Waals surface area contributed by atoms with Crippen LogP contribution in [0.15, 0.2) is 94.9 Å². The molecule has 122 valence electrons. The fourth-order valence-corrected chi connectivity index (χ4v) is 3.98. The quantitative estimate of drug-likeness (QED) is 0.455. The minimum atomic E-state index is 0.0294. The predicted octanol–water partition coefficient (Wildman–Crippen LogP) is 5.62. The summed E-state index contributed by atoms with van der Waals surface area (Å²) in [4.78, 5) is 15.9. The number of carbonyl (C=O) groups is 1. The normalized spacial score (nSPS) is 14.6. The van der Waals surface area contributed by atoms with Crippen molar-refractivity contribution in [2.75, 3.05) is 11.9 Å². The van der Waals surface area contributed by atoms with Crippen molar-refractivity contribution in [1.82, 2.24) is 0 Å². The summed E-state index contributed by atoms with van der Waals surface area (Å²) in [5.74, 6) is 0.0294. The third-order valence-electron chi connectivity index (χ3n) is 4.30. The Morgan fingerprint density at radius 2 is 1.48 bits per heavy atom. The number of anilines is 1. The lowest BCUT2D eigenvalue weighted by atomic mass is 10.0. The molecule has 0 bridgehead atoms. The molecule has 3 aromatic carbocycles. The van der Waals surface area contributed by atoms with E-state index < -0.39 is 0 Å². The van der Waals surface area contributed by atoms with Crippen LogP contribution >= 0.6 is 11.8 Å². The van der Waals surface area contributed by atoms with Crippen molar-refractivity contribution >= 4 is 23.2 Å². The Labute approximate surface area is 151 Å². The topological polar surface area (TPSA) is 20.3 Å². The molecule has 2 nitrogen and oxygen atoms in total. The van der Waals surface area contributed by atoms with Crippen LogP contribution in [0.1, 0.15) is 10.4 Å². The summed E-state index contributed by atoms with van der Waals surface area (Å²) in [5, 5.41) is 0.957. The number of ketones is 1. The Kier molecular flexibility index (Phi) is 4.16. The lowest BCUT2D eigenvalue weighted by Crippen LogP contribution is -2.11. The summed E-state index contributed by atoms with van der Waals surface area (Å²) in [7, 11) is 2.00. The van der Waals surface area contributed by atoms with E-state index in [4.69, 9.17) is 0 Å². The molecule has 0 N–H and O–H groups in total. The van der Waals surface area contributed by atoms with Crippen molar-refractivity contribution in [2.24, 2.45) is 0 Å². The van der Waals surface area contributed by atoms with Gasteiger partial charge in [0.2, 0.25) is 0 Å². The largest absolute Gasteiger partial charge is 0.338 e. The Bertz CT molecular complexity index is 945. The monoisotopic (exact) mass is 343 g/mol. The molecule has 0 fully saturated rings. The first-order valence-electron chi connectivity index (χ1n) is 8.14. The van der Waals surface area contributed by atoms with Crippen LogP contribution in [0.5, 0.6) is 0 Å². The van der Waals surface area contributed by atoms with E-state index in [0.717, 1.165) is 21.8 Å². The number of carbonyl (C=O) groups excluding carboxylic acids is 1. The van der Waals surface area contributed by atoms with Gasteiger partial charge in [-0.2, -0.15) is 0 Å². The molecule has 0 saturated heterocycles. The van der Waals surface area contributed by atoms with Gasteiger partial charge in [-0.3, -0.25) is 4.79 Å². The zero-order chi connectivity index (χ0) is 17.2. The highest BCUT2D eigenvalue weighted by molar-refractivity contribution is 8.03. The molecule has 1 heterocycles. The summed E-state index contributed by atoms with van der Waals surface area (Å²) in [6, 6.07) is 26.2. The fourth-order valence-electron chi connectivity index (χ4n) is 2.90. The molecule has 0 atom stereocenters. The average Bonchev–Trinajstić information content (AvgIpc) is 2.98. The van der Waals surface area contributed by atoms with E-state index >= 15 is 0 Å². The van der Waals surface area contributed by atoms with Crippen molar-refractivity contribution in [3.05, 3.63) is 95.5 Å². The van der Waals surface area contributed by atoms with Crippen LogP contribution in [0.3, 0.4) is 0 Å². The summed E-state index contributed by atoms with van der Waals surface area (Å²) < 4.78 is 0. The van der Waals surface area contributed by atoms with Gasteiger partial charge in [-0.25, -0.2) is 0 Å². The predicted molar refractivity (Wildman–Crippen MR) is 105 cm³/mol. The Hall–Kier alpha value is -2.78. The van der Waals surface area contributed by atoms with Gasteiger partial charge in [0.15, 0.2) is 5.78 Å². The lowest BCUT2D eigenvalue weighted by Gasteiger charge is -2.13. The van der Waals surface area contributed by atoms with Crippen LogP contribution in [0, 0.1) is 0 Å². The van der Waals surface area contributed by atoms with Crippen LogP contribution in [0.4, 0.5) is 5.69 Å². The van der Waals surface area contributed by atoms with Crippen molar-refractivity contribution in [3.63, 3.8) is 0 Å². The molecule has 1 aliphatic heterocycles. The second-order valence-electron chi connectivity index (χ2n) is 5.92. The molecule has 3 aromatic rings.